The second-order valence-corrected chi connectivity index (χ2v) is 11.6. The molecule has 0 bridgehead atoms. The van der Waals surface area contributed by atoms with Crippen LogP contribution < -0.4 is 10.6 Å². The van der Waals surface area contributed by atoms with Crippen LogP contribution in [-0.2, 0) is 22.7 Å². The van der Waals surface area contributed by atoms with Crippen LogP contribution in [0.2, 0.25) is 0 Å². The fraction of sp³-hybridized carbons (Fsp3) is 0.600. The molecular formula is C20H28N4O2S2. The Morgan fingerprint density at radius 1 is 1.04 bits per heavy atom. The second-order valence-electron chi connectivity index (χ2n) is 8.01. The molecule has 0 unspecified atom stereocenters. The molecule has 0 saturated heterocycles. The molecule has 4 rings (SSSR count). The summed E-state index contributed by atoms with van der Waals surface area (Å²) in [4.78, 5) is 10.9. The summed E-state index contributed by atoms with van der Waals surface area (Å²) < 4.78 is 25.6. The van der Waals surface area contributed by atoms with Crippen LogP contribution in [0.15, 0.2) is 17.0 Å². The van der Waals surface area contributed by atoms with Crippen LogP contribution in [0.4, 0.5) is 16.8 Å². The number of fused-ring (bicyclic) bond motifs is 1. The Morgan fingerprint density at radius 2 is 1.79 bits per heavy atom. The first-order chi connectivity index (χ1) is 13.4. The number of rotatable bonds is 6. The highest BCUT2D eigenvalue weighted by atomic mass is 32.2. The molecule has 0 atom stereocenters. The third kappa shape index (κ3) is 4.17. The predicted octanol–water partition coefficient (Wildman–Crippen LogP) is 4.70. The molecule has 0 aromatic carbocycles. The number of aromatic nitrogens is 2. The van der Waals surface area contributed by atoms with Crippen molar-refractivity contribution in [2.24, 2.45) is 0 Å². The largest absolute Gasteiger partial charge is 0.367 e. The number of nitrogens with zero attached hydrogens (tertiary/aromatic N) is 2. The summed E-state index contributed by atoms with van der Waals surface area (Å²) in [6, 6.07) is 3.67. The zero-order valence-corrected chi connectivity index (χ0v) is 18.1. The molecule has 1 fully saturated rings. The van der Waals surface area contributed by atoms with Crippen molar-refractivity contribution in [2.45, 2.75) is 81.4 Å². The number of nitrogens with one attached hydrogen (secondary N) is 2. The molecule has 0 aliphatic heterocycles. The molecule has 0 spiro atoms. The second kappa shape index (κ2) is 7.99. The summed E-state index contributed by atoms with van der Waals surface area (Å²) in [5.41, 5.74) is 1.17. The van der Waals surface area contributed by atoms with Crippen LogP contribution in [0.25, 0.3) is 0 Å². The van der Waals surface area contributed by atoms with Gasteiger partial charge in [-0.3, -0.25) is 0 Å². The fourth-order valence-corrected chi connectivity index (χ4v) is 6.04. The van der Waals surface area contributed by atoms with Crippen LogP contribution in [0.5, 0.6) is 0 Å². The zero-order valence-electron chi connectivity index (χ0n) is 16.5. The minimum Gasteiger partial charge on any atom is -0.367 e. The van der Waals surface area contributed by atoms with E-state index in [-0.39, 0.29) is 0 Å². The monoisotopic (exact) mass is 420 g/mol. The highest BCUT2D eigenvalue weighted by Crippen LogP contribution is 2.33. The molecular weight excluding hydrogens is 392 g/mol. The fourth-order valence-electron chi connectivity index (χ4n) is 3.89. The molecule has 2 N–H and O–H groups in total. The Kier molecular flexibility index (Phi) is 5.60. The Bertz CT molecular complexity index is 926. The van der Waals surface area contributed by atoms with Gasteiger partial charge in [0.05, 0.1) is 15.8 Å². The number of hydrogen-bond donors (Lipinski definition) is 2. The molecule has 6 nitrogen and oxygen atoms in total. The highest BCUT2D eigenvalue weighted by molar-refractivity contribution is 7.92. The molecule has 2 aliphatic rings. The van der Waals surface area contributed by atoms with Crippen molar-refractivity contribution in [3.8, 4) is 0 Å². The average molecular weight is 421 g/mol. The van der Waals surface area contributed by atoms with Crippen LogP contribution in [-0.4, -0.2) is 29.7 Å². The SMILES string of the molecule is CC(C)S(=O)(=O)c1cc(Nc2nc3c(s2)CCC3)nc(NC2CCCCC2)c1. The van der Waals surface area contributed by atoms with E-state index in [9.17, 15) is 8.42 Å². The molecule has 2 heterocycles. The molecule has 28 heavy (non-hydrogen) atoms. The molecule has 0 radical (unpaired) electrons. The first-order valence-electron chi connectivity index (χ1n) is 10.2. The normalized spacial score (nSPS) is 17.7. The lowest BCUT2D eigenvalue weighted by atomic mass is 9.95. The number of aryl methyl sites for hydroxylation is 2. The quantitative estimate of drug-likeness (QED) is 0.705. The predicted molar refractivity (Wildman–Crippen MR) is 114 cm³/mol. The van der Waals surface area contributed by atoms with E-state index in [0.29, 0.717) is 22.6 Å². The van der Waals surface area contributed by atoms with Gasteiger partial charge in [0, 0.05) is 10.9 Å². The van der Waals surface area contributed by atoms with Gasteiger partial charge in [-0.15, -0.1) is 11.3 Å². The summed E-state index contributed by atoms with van der Waals surface area (Å²) >= 11 is 1.65. The maximum Gasteiger partial charge on any atom is 0.188 e. The Morgan fingerprint density at radius 3 is 2.50 bits per heavy atom. The van der Waals surface area contributed by atoms with E-state index >= 15 is 0 Å². The van der Waals surface area contributed by atoms with Gasteiger partial charge in [0.15, 0.2) is 15.0 Å². The van der Waals surface area contributed by atoms with E-state index in [2.05, 4.69) is 20.6 Å². The van der Waals surface area contributed by atoms with Gasteiger partial charge >= 0.3 is 0 Å². The highest BCUT2D eigenvalue weighted by Gasteiger charge is 2.23. The third-order valence-electron chi connectivity index (χ3n) is 5.54. The van der Waals surface area contributed by atoms with Crippen molar-refractivity contribution in [1.29, 1.82) is 0 Å². The average Bonchev–Trinajstić information content (AvgIpc) is 3.24. The van der Waals surface area contributed by atoms with E-state index in [1.165, 1.54) is 36.3 Å². The summed E-state index contributed by atoms with van der Waals surface area (Å²) in [5.74, 6) is 1.16. The Balaban J connectivity index is 1.64. The lowest BCUT2D eigenvalue weighted by Gasteiger charge is -2.24. The maximum atomic E-state index is 12.8. The number of hydrogen-bond acceptors (Lipinski definition) is 7. The number of pyridine rings is 1. The van der Waals surface area contributed by atoms with Crippen LogP contribution in [0.1, 0.15) is 62.9 Å². The van der Waals surface area contributed by atoms with Gasteiger partial charge in [-0.05, 0) is 58.1 Å². The standard InChI is InChI=1S/C20H28N4O2S2/c1-13(2)28(25,26)15-11-18(21-14-7-4-3-5-8-14)23-19(12-15)24-20-22-16-9-6-10-17(16)27-20/h11-14H,3-10H2,1-2H3,(H2,21,22,23,24). The molecule has 2 aliphatic carbocycles. The van der Waals surface area contributed by atoms with E-state index in [0.717, 1.165) is 30.8 Å². The Hall–Kier alpha value is -1.67. The molecule has 8 heteroatoms. The minimum absolute atomic E-state index is 0.308. The van der Waals surface area contributed by atoms with Crippen LogP contribution in [0, 0.1) is 0 Å². The van der Waals surface area contributed by atoms with Crippen LogP contribution >= 0.6 is 11.3 Å². The summed E-state index contributed by atoms with van der Waals surface area (Å²) in [6.07, 6.45) is 9.17. The van der Waals surface area contributed by atoms with E-state index in [1.54, 1.807) is 37.3 Å². The molecule has 1 saturated carbocycles. The zero-order chi connectivity index (χ0) is 19.7. The first-order valence-corrected chi connectivity index (χ1v) is 12.6. The van der Waals surface area contributed by atoms with Crippen molar-refractivity contribution in [2.75, 3.05) is 10.6 Å². The Labute approximate surface area is 171 Å². The van der Waals surface area contributed by atoms with E-state index < -0.39 is 15.1 Å². The van der Waals surface area contributed by atoms with E-state index in [1.807, 2.05) is 0 Å². The third-order valence-corrected chi connectivity index (χ3v) is 8.74. The van der Waals surface area contributed by atoms with Gasteiger partial charge in [0.1, 0.15) is 11.6 Å². The van der Waals surface area contributed by atoms with Crippen molar-refractivity contribution in [1.82, 2.24) is 9.97 Å². The lowest BCUT2D eigenvalue weighted by molar-refractivity contribution is 0.462. The van der Waals surface area contributed by atoms with Crippen LogP contribution in [0.3, 0.4) is 0 Å². The molecule has 2 aromatic heterocycles. The maximum absolute atomic E-state index is 12.8. The van der Waals surface area contributed by atoms with Gasteiger partial charge in [-0.25, -0.2) is 18.4 Å². The summed E-state index contributed by atoms with van der Waals surface area (Å²) in [5, 5.41) is 7.03. The molecule has 152 valence electrons. The van der Waals surface area contributed by atoms with Gasteiger partial charge in [0.25, 0.3) is 0 Å². The minimum atomic E-state index is -3.39. The van der Waals surface area contributed by atoms with Gasteiger partial charge in [-0.1, -0.05) is 19.3 Å². The molecule has 0 amide bonds. The van der Waals surface area contributed by atoms with Crippen molar-refractivity contribution >= 4 is 37.9 Å². The summed E-state index contributed by atoms with van der Waals surface area (Å²) in [6.45, 7) is 3.42. The first kappa shape index (κ1) is 19.6. The smallest absolute Gasteiger partial charge is 0.188 e. The van der Waals surface area contributed by atoms with E-state index in [4.69, 9.17) is 0 Å². The number of anilines is 3. The van der Waals surface area contributed by atoms with Gasteiger partial charge in [-0.2, -0.15) is 0 Å². The lowest BCUT2D eigenvalue weighted by Crippen LogP contribution is -2.23. The number of sulfone groups is 1. The van der Waals surface area contributed by atoms with Crippen molar-refractivity contribution in [3.05, 3.63) is 22.7 Å². The van der Waals surface area contributed by atoms with Gasteiger partial charge in [0.2, 0.25) is 0 Å². The topological polar surface area (TPSA) is 84.0 Å². The van der Waals surface area contributed by atoms with Crippen molar-refractivity contribution in [3.63, 3.8) is 0 Å². The van der Waals surface area contributed by atoms with Crippen molar-refractivity contribution < 1.29 is 8.42 Å². The summed E-state index contributed by atoms with van der Waals surface area (Å²) in [7, 11) is -3.39. The molecule has 2 aromatic rings. The van der Waals surface area contributed by atoms with Gasteiger partial charge < -0.3 is 10.6 Å². The number of thiazole rings is 1.